The van der Waals surface area contributed by atoms with Crippen LogP contribution >= 0.6 is 23.2 Å². The molecule has 0 amide bonds. The average Bonchev–Trinajstić information content (AvgIpc) is 3.37. The Kier molecular flexibility index (Phi) is 7.24. The summed E-state index contributed by atoms with van der Waals surface area (Å²) in [5, 5.41) is 0.710. The number of hydrogen-bond donors (Lipinski definition) is 0. The fourth-order valence-corrected chi connectivity index (χ4v) is 6.55. The van der Waals surface area contributed by atoms with E-state index < -0.39 is 5.41 Å². The van der Waals surface area contributed by atoms with Gasteiger partial charge in [0.1, 0.15) is 23.0 Å². The van der Waals surface area contributed by atoms with Crippen LogP contribution in [0.1, 0.15) is 22.3 Å². The molecule has 4 nitrogen and oxygen atoms in total. The largest absolute Gasteiger partial charge is 0.457 e. The molecule has 0 fully saturated rings. The molecule has 0 N–H and O–H groups in total. The standard InChI is InChI=1S/C39H22Cl2N2O2/c1-42-37-21-19-29(23-35(37)40)44-27-15-11-25(12-16-27)39(33-9-5-3-7-31(33)32-8-4-6-10-34(32)39)26-13-17-28(18-14-26)45-30-20-22-38(43-2)36(41)24-30/h3-24H. The molecule has 0 aliphatic heterocycles. The number of ether oxygens (including phenoxy) is 2. The van der Waals surface area contributed by atoms with Crippen LogP contribution in [0.4, 0.5) is 11.4 Å². The minimum atomic E-state index is -0.592. The lowest BCUT2D eigenvalue weighted by atomic mass is 9.68. The predicted molar refractivity (Wildman–Crippen MR) is 179 cm³/mol. The maximum absolute atomic E-state index is 7.24. The summed E-state index contributed by atoms with van der Waals surface area (Å²) in [6, 6.07) is 43.5. The van der Waals surface area contributed by atoms with E-state index in [9.17, 15) is 0 Å². The Morgan fingerprint density at radius 2 is 0.844 bits per heavy atom. The van der Waals surface area contributed by atoms with Gasteiger partial charge in [-0.2, -0.15) is 0 Å². The molecule has 0 aromatic heterocycles. The molecular formula is C39H22Cl2N2O2. The summed E-state index contributed by atoms with van der Waals surface area (Å²) < 4.78 is 12.2. The van der Waals surface area contributed by atoms with E-state index in [2.05, 4.69) is 82.5 Å². The second kappa shape index (κ2) is 11.5. The van der Waals surface area contributed by atoms with Gasteiger partial charge in [-0.1, -0.05) is 108 Å². The normalized spacial score (nSPS) is 12.4. The second-order valence-electron chi connectivity index (χ2n) is 10.5. The molecule has 45 heavy (non-hydrogen) atoms. The lowest BCUT2D eigenvalue weighted by molar-refractivity contribution is 0.482. The number of hydrogen-bond acceptors (Lipinski definition) is 2. The van der Waals surface area contributed by atoms with Crippen molar-refractivity contribution in [1.82, 2.24) is 0 Å². The van der Waals surface area contributed by atoms with Crippen molar-refractivity contribution >= 4 is 34.6 Å². The monoisotopic (exact) mass is 620 g/mol. The molecule has 1 aliphatic rings. The van der Waals surface area contributed by atoms with Gasteiger partial charge in [-0.3, -0.25) is 0 Å². The van der Waals surface area contributed by atoms with Gasteiger partial charge < -0.3 is 9.47 Å². The lowest BCUT2D eigenvalue weighted by Gasteiger charge is -2.34. The third kappa shape index (κ3) is 4.88. The SMILES string of the molecule is [C-]#[N+]c1ccc(Oc2ccc(C3(c4ccc(Oc5ccc([N+]#[C-])c(Cl)c5)cc4)c4ccccc4-c4ccccc43)cc2)cc1Cl. The van der Waals surface area contributed by atoms with Crippen LogP contribution in [0.25, 0.3) is 20.8 Å². The fourth-order valence-electron chi connectivity index (χ4n) is 6.13. The Bertz CT molecular complexity index is 2000. The molecule has 6 heteroatoms. The van der Waals surface area contributed by atoms with Crippen molar-refractivity contribution in [3.8, 4) is 34.1 Å². The highest BCUT2D eigenvalue weighted by Gasteiger charge is 2.45. The van der Waals surface area contributed by atoms with E-state index >= 15 is 0 Å². The van der Waals surface area contributed by atoms with Gasteiger partial charge in [0.2, 0.25) is 11.4 Å². The highest BCUT2D eigenvalue weighted by Crippen LogP contribution is 2.56. The molecule has 0 heterocycles. The molecular weight excluding hydrogens is 599 g/mol. The fraction of sp³-hybridized carbons (Fsp3) is 0.0256. The smallest absolute Gasteiger partial charge is 0.205 e. The first kappa shape index (κ1) is 28.3. The number of halogens is 2. The molecule has 6 aromatic rings. The van der Waals surface area contributed by atoms with Crippen molar-refractivity contribution in [2.75, 3.05) is 0 Å². The number of nitrogens with zero attached hydrogens (tertiary/aromatic N) is 2. The highest BCUT2D eigenvalue weighted by molar-refractivity contribution is 6.33. The third-order valence-electron chi connectivity index (χ3n) is 8.08. The molecule has 6 aromatic carbocycles. The molecule has 0 unspecified atom stereocenters. The Labute approximate surface area is 271 Å². The number of rotatable bonds is 6. The van der Waals surface area contributed by atoms with Gasteiger partial charge in [-0.25, -0.2) is 9.69 Å². The zero-order valence-electron chi connectivity index (χ0n) is 23.7. The van der Waals surface area contributed by atoms with Crippen LogP contribution in [0.5, 0.6) is 23.0 Å². The van der Waals surface area contributed by atoms with Crippen LogP contribution in [0.15, 0.2) is 133 Å². The van der Waals surface area contributed by atoms with E-state index in [4.69, 9.17) is 45.8 Å². The maximum Gasteiger partial charge on any atom is 0.205 e. The Morgan fingerprint density at radius 1 is 0.467 bits per heavy atom. The zero-order valence-corrected chi connectivity index (χ0v) is 25.2. The Hall–Kier alpha value is -5.52. The van der Waals surface area contributed by atoms with E-state index in [0.717, 1.165) is 11.1 Å². The topological polar surface area (TPSA) is 27.2 Å². The van der Waals surface area contributed by atoms with Crippen LogP contribution in [0.3, 0.4) is 0 Å². The summed E-state index contributed by atoms with van der Waals surface area (Å²) in [5.41, 5.74) is 7.12. The molecule has 214 valence electrons. The van der Waals surface area contributed by atoms with Gasteiger partial charge in [-0.05, 0) is 81.9 Å². The molecule has 0 radical (unpaired) electrons. The van der Waals surface area contributed by atoms with E-state index in [1.807, 2.05) is 24.3 Å². The summed E-state index contributed by atoms with van der Waals surface area (Å²) in [6.07, 6.45) is 0. The molecule has 0 spiro atoms. The van der Waals surface area contributed by atoms with Gasteiger partial charge in [0, 0.05) is 0 Å². The molecule has 1 aliphatic carbocycles. The van der Waals surface area contributed by atoms with Crippen molar-refractivity contribution < 1.29 is 9.47 Å². The minimum Gasteiger partial charge on any atom is -0.457 e. The molecule has 0 saturated carbocycles. The van der Waals surface area contributed by atoms with E-state index in [-0.39, 0.29) is 0 Å². The first-order valence-electron chi connectivity index (χ1n) is 14.1. The first-order valence-corrected chi connectivity index (χ1v) is 14.9. The van der Waals surface area contributed by atoms with Gasteiger partial charge in [0.25, 0.3) is 0 Å². The first-order chi connectivity index (χ1) is 22.0. The summed E-state index contributed by atoms with van der Waals surface area (Å²) >= 11 is 12.5. The predicted octanol–water partition coefficient (Wildman–Crippen LogP) is 12.0. The molecule has 0 atom stereocenters. The summed E-state index contributed by atoms with van der Waals surface area (Å²) in [6.45, 7) is 14.5. The van der Waals surface area contributed by atoms with E-state index in [1.54, 1.807) is 36.4 Å². The minimum absolute atomic E-state index is 0.355. The van der Waals surface area contributed by atoms with E-state index in [0.29, 0.717) is 44.4 Å². The lowest BCUT2D eigenvalue weighted by Crippen LogP contribution is -2.28. The molecule has 0 saturated heterocycles. The average molecular weight is 622 g/mol. The van der Waals surface area contributed by atoms with Gasteiger partial charge >= 0.3 is 0 Å². The van der Waals surface area contributed by atoms with Crippen molar-refractivity contribution in [2.24, 2.45) is 0 Å². The number of benzene rings is 6. The van der Waals surface area contributed by atoms with Crippen molar-refractivity contribution in [3.63, 3.8) is 0 Å². The van der Waals surface area contributed by atoms with Gasteiger partial charge in [0.15, 0.2) is 0 Å². The maximum atomic E-state index is 7.24. The third-order valence-corrected chi connectivity index (χ3v) is 8.68. The molecule has 7 rings (SSSR count). The summed E-state index contributed by atoms with van der Waals surface area (Å²) in [5.74, 6) is 2.44. The van der Waals surface area contributed by atoms with Gasteiger partial charge in [0.05, 0.1) is 28.6 Å². The second-order valence-corrected chi connectivity index (χ2v) is 11.4. The number of fused-ring (bicyclic) bond motifs is 3. The van der Waals surface area contributed by atoms with Crippen LogP contribution in [0.2, 0.25) is 10.0 Å². The van der Waals surface area contributed by atoms with Crippen molar-refractivity contribution in [3.05, 3.63) is 189 Å². The summed E-state index contributed by atoms with van der Waals surface area (Å²) in [4.78, 5) is 6.85. The zero-order chi connectivity index (χ0) is 31.0. The van der Waals surface area contributed by atoms with Crippen molar-refractivity contribution in [1.29, 1.82) is 0 Å². The van der Waals surface area contributed by atoms with Crippen LogP contribution in [0, 0.1) is 13.1 Å². The van der Waals surface area contributed by atoms with Crippen molar-refractivity contribution in [2.45, 2.75) is 5.41 Å². The molecule has 0 bridgehead atoms. The van der Waals surface area contributed by atoms with Crippen LogP contribution in [-0.2, 0) is 5.41 Å². The Balaban J connectivity index is 1.31. The quantitative estimate of drug-likeness (QED) is 0.173. The Morgan fingerprint density at radius 3 is 1.22 bits per heavy atom. The van der Waals surface area contributed by atoms with Crippen LogP contribution in [-0.4, -0.2) is 0 Å². The van der Waals surface area contributed by atoms with Gasteiger partial charge in [-0.15, -0.1) is 0 Å². The van der Waals surface area contributed by atoms with Crippen LogP contribution < -0.4 is 9.47 Å². The summed E-state index contributed by atoms with van der Waals surface area (Å²) in [7, 11) is 0. The van der Waals surface area contributed by atoms with E-state index in [1.165, 1.54) is 22.3 Å². The highest BCUT2D eigenvalue weighted by atomic mass is 35.5.